The number of nitriles is 1. The first kappa shape index (κ1) is 20.4. The summed E-state index contributed by atoms with van der Waals surface area (Å²) in [6.45, 7) is 2.01. The van der Waals surface area contributed by atoms with Crippen LogP contribution in [0.5, 0.6) is 5.75 Å². The molecule has 9 heteroatoms. The average Bonchev–Trinajstić information content (AvgIpc) is 3.27. The van der Waals surface area contributed by atoms with E-state index in [9.17, 15) is 10.1 Å². The summed E-state index contributed by atoms with van der Waals surface area (Å²) in [6.07, 6.45) is 0. The van der Waals surface area contributed by atoms with Gasteiger partial charge in [-0.2, -0.15) is 5.26 Å². The maximum atomic E-state index is 12.4. The van der Waals surface area contributed by atoms with Gasteiger partial charge in [0.25, 0.3) is 5.56 Å². The van der Waals surface area contributed by atoms with E-state index in [0.29, 0.717) is 39.7 Å². The molecule has 0 saturated heterocycles. The number of ether oxygens (including phenoxy) is 1. The Balaban J connectivity index is 1.56. The molecular weight excluding hydrogens is 414 g/mol. The largest absolute Gasteiger partial charge is 0.497 e. The summed E-state index contributed by atoms with van der Waals surface area (Å²) in [5, 5.41) is 17.9. The fraction of sp³-hybridized carbons (Fsp3) is 0.136. The molecule has 0 aliphatic carbocycles. The lowest BCUT2D eigenvalue weighted by atomic mass is 10.1. The molecular formula is C22H17N5O3S. The van der Waals surface area contributed by atoms with Gasteiger partial charge in [0.15, 0.2) is 5.16 Å². The smallest absolute Gasteiger partial charge is 0.270 e. The van der Waals surface area contributed by atoms with Crippen LogP contribution in [0.4, 0.5) is 0 Å². The van der Waals surface area contributed by atoms with Gasteiger partial charge >= 0.3 is 0 Å². The van der Waals surface area contributed by atoms with E-state index in [1.54, 1.807) is 31.4 Å². The number of benzene rings is 2. The van der Waals surface area contributed by atoms with E-state index in [1.165, 1.54) is 11.8 Å². The third-order valence-corrected chi connectivity index (χ3v) is 5.33. The highest BCUT2D eigenvalue weighted by molar-refractivity contribution is 7.98. The minimum absolute atomic E-state index is 0.0473. The topological polar surface area (TPSA) is 118 Å². The van der Waals surface area contributed by atoms with Crippen molar-refractivity contribution in [2.75, 3.05) is 7.11 Å². The number of aromatic amines is 1. The van der Waals surface area contributed by atoms with Gasteiger partial charge in [-0.05, 0) is 43.3 Å². The highest BCUT2D eigenvalue weighted by Gasteiger charge is 2.15. The van der Waals surface area contributed by atoms with Crippen molar-refractivity contribution < 1.29 is 9.15 Å². The van der Waals surface area contributed by atoms with Crippen LogP contribution in [-0.4, -0.2) is 27.3 Å². The van der Waals surface area contributed by atoms with Crippen molar-refractivity contribution in [1.29, 1.82) is 5.26 Å². The molecule has 4 aromatic rings. The summed E-state index contributed by atoms with van der Waals surface area (Å²) >= 11 is 1.24. The number of methoxy groups -OCH3 is 1. The van der Waals surface area contributed by atoms with Crippen molar-refractivity contribution in [2.24, 2.45) is 0 Å². The zero-order chi connectivity index (χ0) is 21.8. The second kappa shape index (κ2) is 8.85. The van der Waals surface area contributed by atoms with Gasteiger partial charge in [0.2, 0.25) is 11.8 Å². The van der Waals surface area contributed by atoms with Crippen molar-refractivity contribution in [3.8, 4) is 34.5 Å². The molecule has 4 rings (SSSR count). The summed E-state index contributed by atoms with van der Waals surface area (Å²) in [5.74, 6) is 1.81. The van der Waals surface area contributed by atoms with Crippen LogP contribution in [0.3, 0.4) is 0 Å². The standard InChI is InChI=1S/C22H17N5O3S/c1-13-3-5-15(6-4-13)21-27-26-18(30-21)12-31-22-24-19(17(11-23)20(28)25-22)14-7-9-16(29-2)10-8-14/h3-10H,12H2,1-2H3,(H,24,25,28). The normalized spacial score (nSPS) is 10.6. The monoisotopic (exact) mass is 431 g/mol. The first-order valence-corrected chi connectivity index (χ1v) is 10.3. The zero-order valence-electron chi connectivity index (χ0n) is 16.7. The predicted octanol–water partition coefficient (Wildman–Crippen LogP) is 3.97. The van der Waals surface area contributed by atoms with Crippen LogP contribution >= 0.6 is 11.8 Å². The number of nitrogens with zero attached hydrogens (tertiary/aromatic N) is 4. The molecule has 2 aromatic heterocycles. The fourth-order valence-corrected chi connectivity index (χ4v) is 3.53. The van der Waals surface area contributed by atoms with Crippen molar-refractivity contribution in [3.05, 3.63) is 75.9 Å². The van der Waals surface area contributed by atoms with E-state index in [1.807, 2.05) is 37.3 Å². The van der Waals surface area contributed by atoms with Gasteiger partial charge in [-0.3, -0.25) is 4.79 Å². The quantitative estimate of drug-likeness (QED) is 0.360. The minimum atomic E-state index is -0.503. The molecule has 0 saturated carbocycles. The number of rotatable bonds is 6. The molecule has 0 spiro atoms. The summed E-state index contributed by atoms with van der Waals surface area (Å²) in [7, 11) is 1.57. The molecule has 0 aliphatic rings. The predicted molar refractivity (Wildman–Crippen MR) is 116 cm³/mol. The molecule has 8 nitrogen and oxygen atoms in total. The Bertz CT molecular complexity index is 1300. The molecule has 0 radical (unpaired) electrons. The van der Waals surface area contributed by atoms with Crippen molar-refractivity contribution in [1.82, 2.24) is 20.2 Å². The Kier molecular flexibility index (Phi) is 5.82. The summed E-state index contributed by atoms with van der Waals surface area (Å²) in [4.78, 5) is 19.5. The third-order valence-electron chi connectivity index (χ3n) is 4.47. The molecule has 154 valence electrons. The van der Waals surface area contributed by atoms with Crippen molar-refractivity contribution in [2.45, 2.75) is 17.8 Å². The molecule has 0 atom stereocenters. The van der Waals surface area contributed by atoms with E-state index in [2.05, 4.69) is 20.2 Å². The third kappa shape index (κ3) is 4.49. The van der Waals surface area contributed by atoms with Crippen LogP contribution in [0.1, 0.15) is 17.0 Å². The molecule has 0 amide bonds. The highest BCUT2D eigenvalue weighted by Crippen LogP contribution is 2.26. The van der Waals surface area contributed by atoms with E-state index >= 15 is 0 Å². The zero-order valence-corrected chi connectivity index (χ0v) is 17.6. The first-order chi connectivity index (χ1) is 15.1. The molecule has 2 aromatic carbocycles. The Morgan fingerprint density at radius 1 is 1.10 bits per heavy atom. The van der Waals surface area contributed by atoms with E-state index in [-0.39, 0.29) is 5.56 Å². The van der Waals surface area contributed by atoms with Crippen LogP contribution < -0.4 is 10.3 Å². The molecule has 0 unspecified atom stereocenters. The number of hydrogen-bond acceptors (Lipinski definition) is 8. The maximum absolute atomic E-state index is 12.4. The van der Waals surface area contributed by atoms with Gasteiger partial charge in [0.1, 0.15) is 17.4 Å². The van der Waals surface area contributed by atoms with Crippen molar-refractivity contribution in [3.63, 3.8) is 0 Å². The molecule has 0 fully saturated rings. The van der Waals surface area contributed by atoms with Gasteiger partial charge in [0, 0.05) is 11.1 Å². The van der Waals surface area contributed by atoms with Gasteiger partial charge < -0.3 is 14.1 Å². The SMILES string of the molecule is COc1ccc(-c2nc(SCc3nnc(-c4ccc(C)cc4)o3)[nH]c(=O)c2C#N)cc1. The number of H-pyrrole nitrogens is 1. The van der Waals surface area contributed by atoms with Gasteiger partial charge in [-0.15, -0.1) is 10.2 Å². The molecule has 0 bridgehead atoms. The Morgan fingerprint density at radius 2 is 1.81 bits per heavy atom. The Morgan fingerprint density at radius 3 is 2.48 bits per heavy atom. The van der Waals surface area contributed by atoms with E-state index in [4.69, 9.17) is 9.15 Å². The van der Waals surface area contributed by atoms with Crippen molar-refractivity contribution >= 4 is 11.8 Å². The van der Waals surface area contributed by atoms with Crippen LogP contribution in [0.2, 0.25) is 0 Å². The van der Waals surface area contributed by atoms with Crippen LogP contribution in [0, 0.1) is 18.3 Å². The van der Waals surface area contributed by atoms with E-state index in [0.717, 1.165) is 11.1 Å². The van der Waals surface area contributed by atoms with Gasteiger partial charge in [0.05, 0.1) is 18.6 Å². The summed E-state index contributed by atoms with van der Waals surface area (Å²) < 4.78 is 10.9. The van der Waals surface area contributed by atoms with Crippen LogP contribution in [-0.2, 0) is 5.75 Å². The van der Waals surface area contributed by atoms with Gasteiger partial charge in [-0.25, -0.2) is 4.98 Å². The number of aromatic nitrogens is 4. The van der Waals surface area contributed by atoms with Gasteiger partial charge in [-0.1, -0.05) is 29.5 Å². The number of hydrogen-bond donors (Lipinski definition) is 1. The lowest BCUT2D eigenvalue weighted by Crippen LogP contribution is -2.14. The Labute approximate surface area is 181 Å². The lowest BCUT2D eigenvalue weighted by Gasteiger charge is -2.07. The molecule has 31 heavy (non-hydrogen) atoms. The van der Waals surface area contributed by atoms with Crippen LogP contribution in [0.15, 0.2) is 62.9 Å². The molecule has 1 N–H and O–H groups in total. The fourth-order valence-electron chi connectivity index (χ4n) is 2.84. The molecule has 2 heterocycles. The first-order valence-electron chi connectivity index (χ1n) is 9.28. The minimum Gasteiger partial charge on any atom is -0.497 e. The Hall–Kier alpha value is -3.90. The second-order valence-electron chi connectivity index (χ2n) is 6.59. The summed E-state index contributed by atoms with van der Waals surface area (Å²) in [6, 6.07) is 16.7. The second-order valence-corrected chi connectivity index (χ2v) is 7.55. The average molecular weight is 431 g/mol. The highest BCUT2D eigenvalue weighted by atomic mass is 32.2. The summed E-state index contributed by atoms with van der Waals surface area (Å²) in [5.41, 5.74) is 2.38. The number of thioether (sulfide) groups is 1. The molecule has 0 aliphatic heterocycles. The number of nitrogens with one attached hydrogen (secondary N) is 1. The lowest BCUT2D eigenvalue weighted by molar-refractivity contribution is 0.415. The van der Waals surface area contributed by atoms with Crippen LogP contribution in [0.25, 0.3) is 22.7 Å². The maximum Gasteiger partial charge on any atom is 0.270 e. The van der Waals surface area contributed by atoms with E-state index < -0.39 is 5.56 Å². The number of aryl methyl sites for hydroxylation is 1.